The van der Waals surface area contributed by atoms with Crippen molar-refractivity contribution in [3.8, 4) is 11.5 Å². The number of nitrogens with two attached hydrogens (primary N) is 2. The fraction of sp³-hybridized carbons (Fsp3) is 0.600. The van der Waals surface area contributed by atoms with E-state index in [0.29, 0.717) is 19.8 Å². The molecular formula is C15H24N2O2. The monoisotopic (exact) mass is 264 g/mol. The first-order chi connectivity index (χ1) is 8.93. The molecule has 0 saturated carbocycles. The van der Waals surface area contributed by atoms with E-state index in [2.05, 4.69) is 20.8 Å². The SMILES string of the molecule is Cc1cc2c(cc1C(N)CC(C)(C)CN)OCCO2. The minimum Gasteiger partial charge on any atom is -0.486 e. The van der Waals surface area contributed by atoms with Crippen molar-refractivity contribution in [3.05, 3.63) is 23.3 Å². The van der Waals surface area contributed by atoms with E-state index in [4.69, 9.17) is 20.9 Å². The van der Waals surface area contributed by atoms with Crippen molar-refractivity contribution in [1.82, 2.24) is 0 Å². The zero-order valence-electron chi connectivity index (χ0n) is 12.0. The summed E-state index contributed by atoms with van der Waals surface area (Å²) < 4.78 is 11.2. The quantitative estimate of drug-likeness (QED) is 0.874. The van der Waals surface area contributed by atoms with Crippen LogP contribution < -0.4 is 20.9 Å². The molecular weight excluding hydrogens is 240 g/mol. The van der Waals surface area contributed by atoms with Crippen LogP contribution >= 0.6 is 0 Å². The molecule has 1 aromatic carbocycles. The first-order valence-corrected chi connectivity index (χ1v) is 6.79. The topological polar surface area (TPSA) is 70.5 Å². The minimum atomic E-state index is -0.0330. The molecule has 4 heteroatoms. The van der Waals surface area contributed by atoms with Gasteiger partial charge in [-0.05, 0) is 48.6 Å². The van der Waals surface area contributed by atoms with Gasteiger partial charge in [-0.2, -0.15) is 0 Å². The maximum atomic E-state index is 6.34. The van der Waals surface area contributed by atoms with E-state index in [-0.39, 0.29) is 11.5 Å². The lowest BCUT2D eigenvalue weighted by atomic mass is 9.83. The molecule has 1 atom stereocenters. The molecule has 4 nitrogen and oxygen atoms in total. The molecule has 1 aliphatic heterocycles. The van der Waals surface area contributed by atoms with Crippen LogP contribution in [0.25, 0.3) is 0 Å². The molecule has 1 aromatic rings. The number of ether oxygens (including phenoxy) is 2. The first-order valence-electron chi connectivity index (χ1n) is 6.79. The second-order valence-electron chi connectivity index (χ2n) is 6.03. The highest BCUT2D eigenvalue weighted by Gasteiger charge is 2.23. The second-order valence-corrected chi connectivity index (χ2v) is 6.03. The van der Waals surface area contributed by atoms with Crippen molar-refractivity contribution in [3.63, 3.8) is 0 Å². The number of fused-ring (bicyclic) bond motifs is 1. The summed E-state index contributed by atoms with van der Waals surface area (Å²) in [5.41, 5.74) is 14.4. The Morgan fingerprint density at radius 2 is 1.79 bits per heavy atom. The average Bonchev–Trinajstić information content (AvgIpc) is 2.37. The molecule has 1 unspecified atom stereocenters. The third kappa shape index (κ3) is 3.19. The third-order valence-corrected chi connectivity index (χ3v) is 3.66. The standard InChI is InChI=1S/C15H24N2O2/c1-10-6-13-14(19-5-4-18-13)7-11(10)12(17)8-15(2,3)9-16/h6-7,12H,4-5,8-9,16-17H2,1-3H3. The van der Waals surface area contributed by atoms with Crippen LogP contribution in [0.3, 0.4) is 0 Å². The summed E-state index contributed by atoms with van der Waals surface area (Å²) in [6, 6.07) is 4.00. The van der Waals surface area contributed by atoms with Gasteiger partial charge < -0.3 is 20.9 Å². The fourth-order valence-corrected chi connectivity index (χ4v) is 2.39. The zero-order chi connectivity index (χ0) is 14.0. The van der Waals surface area contributed by atoms with Gasteiger partial charge in [0, 0.05) is 6.04 Å². The van der Waals surface area contributed by atoms with Crippen LogP contribution in [0.5, 0.6) is 11.5 Å². The molecule has 0 aliphatic carbocycles. The lowest BCUT2D eigenvalue weighted by Crippen LogP contribution is -2.29. The molecule has 19 heavy (non-hydrogen) atoms. The van der Waals surface area contributed by atoms with Crippen LogP contribution in [0.2, 0.25) is 0 Å². The van der Waals surface area contributed by atoms with Gasteiger partial charge in [-0.25, -0.2) is 0 Å². The Morgan fingerprint density at radius 1 is 1.21 bits per heavy atom. The van der Waals surface area contributed by atoms with Crippen molar-refractivity contribution in [2.24, 2.45) is 16.9 Å². The summed E-state index contributed by atoms with van der Waals surface area (Å²) in [4.78, 5) is 0. The van der Waals surface area contributed by atoms with Gasteiger partial charge in [-0.1, -0.05) is 13.8 Å². The molecule has 1 aliphatic rings. The predicted octanol–water partition coefficient (Wildman–Crippen LogP) is 2.14. The summed E-state index contributed by atoms with van der Waals surface area (Å²) in [7, 11) is 0. The molecule has 0 saturated heterocycles. The molecule has 0 fully saturated rings. The summed E-state index contributed by atoms with van der Waals surface area (Å²) in [6.07, 6.45) is 0.851. The van der Waals surface area contributed by atoms with Crippen LogP contribution in [-0.4, -0.2) is 19.8 Å². The van der Waals surface area contributed by atoms with Crippen molar-refractivity contribution < 1.29 is 9.47 Å². The van der Waals surface area contributed by atoms with Gasteiger partial charge in [-0.15, -0.1) is 0 Å². The Hall–Kier alpha value is -1.26. The van der Waals surface area contributed by atoms with Gasteiger partial charge in [0.15, 0.2) is 11.5 Å². The van der Waals surface area contributed by atoms with Crippen molar-refractivity contribution in [2.75, 3.05) is 19.8 Å². The highest BCUT2D eigenvalue weighted by molar-refractivity contribution is 5.48. The van der Waals surface area contributed by atoms with E-state index in [0.717, 1.165) is 29.0 Å². The van der Waals surface area contributed by atoms with Crippen molar-refractivity contribution in [2.45, 2.75) is 33.2 Å². The number of aryl methyl sites for hydroxylation is 1. The highest BCUT2D eigenvalue weighted by Crippen LogP contribution is 2.37. The maximum absolute atomic E-state index is 6.34. The van der Waals surface area contributed by atoms with E-state index < -0.39 is 0 Å². The van der Waals surface area contributed by atoms with Crippen LogP contribution in [-0.2, 0) is 0 Å². The van der Waals surface area contributed by atoms with Gasteiger partial charge in [-0.3, -0.25) is 0 Å². The highest BCUT2D eigenvalue weighted by atomic mass is 16.6. The van der Waals surface area contributed by atoms with Gasteiger partial charge in [0.05, 0.1) is 0 Å². The molecule has 0 aromatic heterocycles. The Balaban J connectivity index is 2.24. The Labute approximate surface area is 115 Å². The van der Waals surface area contributed by atoms with Crippen LogP contribution in [0, 0.1) is 12.3 Å². The van der Waals surface area contributed by atoms with E-state index in [1.54, 1.807) is 0 Å². The summed E-state index contributed by atoms with van der Waals surface area (Å²) >= 11 is 0. The lowest BCUT2D eigenvalue weighted by molar-refractivity contribution is 0.171. The summed E-state index contributed by atoms with van der Waals surface area (Å²) in [5, 5.41) is 0. The molecule has 2 rings (SSSR count). The van der Waals surface area contributed by atoms with Crippen molar-refractivity contribution in [1.29, 1.82) is 0 Å². The molecule has 0 spiro atoms. The van der Waals surface area contributed by atoms with Gasteiger partial charge in [0.25, 0.3) is 0 Å². The average molecular weight is 264 g/mol. The van der Waals surface area contributed by atoms with Crippen LogP contribution in [0.4, 0.5) is 0 Å². The zero-order valence-corrected chi connectivity index (χ0v) is 12.0. The van der Waals surface area contributed by atoms with Gasteiger partial charge in [0.2, 0.25) is 0 Å². The molecule has 4 N–H and O–H groups in total. The Kier molecular flexibility index (Phi) is 4.02. The number of hydrogen-bond donors (Lipinski definition) is 2. The molecule has 0 radical (unpaired) electrons. The summed E-state index contributed by atoms with van der Waals surface area (Å²) in [5.74, 6) is 1.62. The maximum Gasteiger partial charge on any atom is 0.161 e. The van der Waals surface area contributed by atoms with Crippen LogP contribution in [0.1, 0.15) is 37.4 Å². The second kappa shape index (κ2) is 5.39. The number of hydrogen-bond acceptors (Lipinski definition) is 4. The predicted molar refractivity (Wildman–Crippen MR) is 76.5 cm³/mol. The molecule has 0 amide bonds. The molecule has 0 bridgehead atoms. The van der Waals surface area contributed by atoms with Gasteiger partial charge in [0.1, 0.15) is 13.2 Å². The van der Waals surface area contributed by atoms with E-state index in [1.807, 2.05) is 12.1 Å². The number of rotatable bonds is 4. The van der Waals surface area contributed by atoms with E-state index >= 15 is 0 Å². The smallest absolute Gasteiger partial charge is 0.161 e. The first kappa shape index (κ1) is 14.2. The minimum absolute atomic E-state index is 0.0330. The van der Waals surface area contributed by atoms with E-state index in [1.165, 1.54) is 0 Å². The fourth-order valence-electron chi connectivity index (χ4n) is 2.39. The summed E-state index contributed by atoms with van der Waals surface area (Å²) in [6.45, 7) is 8.17. The van der Waals surface area contributed by atoms with Crippen LogP contribution in [0.15, 0.2) is 12.1 Å². The number of benzene rings is 1. The molecule has 106 valence electrons. The Bertz CT molecular complexity index is 458. The largest absolute Gasteiger partial charge is 0.486 e. The Morgan fingerprint density at radius 3 is 2.37 bits per heavy atom. The third-order valence-electron chi connectivity index (χ3n) is 3.66. The molecule has 1 heterocycles. The van der Waals surface area contributed by atoms with Gasteiger partial charge >= 0.3 is 0 Å². The van der Waals surface area contributed by atoms with E-state index in [9.17, 15) is 0 Å². The van der Waals surface area contributed by atoms with Crippen molar-refractivity contribution >= 4 is 0 Å². The lowest BCUT2D eigenvalue weighted by Gasteiger charge is -2.28. The normalized spacial score (nSPS) is 16.3.